The van der Waals surface area contributed by atoms with E-state index in [4.69, 9.17) is 5.11 Å². The van der Waals surface area contributed by atoms with Crippen LogP contribution < -0.4 is 0 Å². The molecule has 68 valence electrons. The molecular weight excluding hydrogens is 196 g/mol. The first-order valence-corrected chi connectivity index (χ1v) is 4.14. The first kappa shape index (κ1) is 9.33. The fraction of sp³-hybridized carbons (Fsp3) is 0. The van der Waals surface area contributed by atoms with Crippen molar-refractivity contribution in [1.29, 1.82) is 0 Å². The summed E-state index contributed by atoms with van der Waals surface area (Å²) in [5.74, 6) is -1.31. The molecule has 1 rings (SSSR count). The van der Waals surface area contributed by atoms with Crippen molar-refractivity contribution in [1.82, 2.24) is 4.98 Å². The molecule has 0 fully saturated rings. The van der Waals surface area contributed by atoms with Crippen molar-refractivity contribution >= 4 is 22.2 Å². The van der Waals surface area contributed by atoms with E-state index in [9.17, 15) is 13.2 Å². The van der Waals surface area contributed by atoms with Crippen LogP contribution in [0.15, 0.2) is 22.7 Å². The fourth-order valence-electron chi connectivity index (χ4n) is 0.716. The maximum absolute atomic E-state index is 10.5. The van der Waals surface area contributed by atoms with E-state index in [0.717, 1.165) is 0 Å². The Morgan fingerprint density at radius 2 is 2.23 bits per heavy atom. The molecule has 0 radical (unpaired) electrons. The van der Waals surface area contributed by atoms with Crippen LogP contribution in [-0.2, 0) is 10.5 Å². The third-order valence-corrected chi connectivity index (χ3v) is 1.51. The predicted octanol–water partition coefficient (Wildman–Crippen LogP) is 0.474. The molecule has 0 aliphatic carbocycles. The molecule has 0 aliphatic heterocycles. The minimum Gasteiger partial charge on any atom is -0.476 e. The number of aromatic carboxylic acids is 1. The van der Waals surface area contributed by atoms with Gasteiger partial charge < -0.3 is 5.11 Å². The smallest absolute Gasteiger partial charge is 0.356 e. The number of carboxylic acids is 1. The van der Waals surface area contributed by atoms with E-state index in [-0.39, 0.29) is 11.4 Å². The van der Waals surface area contributed by atoms with Crippen LogP contribution in [0.5, 0.6) is 0 Å². The van der Waals surface area contributed by atoms with Crippen molar-refractivity contribution in [3.63, 3.8) is 0 Å². The average molecular weight is 200 g/mol. The second kappa shape index (κ2) is 3.76. The largest absolute Gasteiger partial charge is 0.476 e. The number of pyridine rings is 1. The molecule has 0 spiro atoms. The van der Waals surface area contributed by atoms with Gasteiger partial charge in [-0.1, -0.05) is 0 Å². The number of hydrogen-bond acceptors (Lipinski definition) is 5. The lowest BCUT2D eigenvalue weighted by molar-refractivity contribution is 0.0691. The van der Waals surface area contributed by atoms with Crippen LogP contribution in [0.1, 0.15) is 10.5 Å². The Hall–Kier alpha value is -1.76. The molecule has 7 heteroatoms. The molecule has 1 aromatic heterocycles. The summed E-state index contributed by atoms with van der Waals surface area (Å²) in [5, 5.41) is 8.56. The highest BCUT2D eigenvalue weighted by Crippen LogP contribution is 2.15. The van der Waals surface area contributed by atoms with E-state index in [0.29, 0.717) is 0 Å². The second-order valence-electron chi connectivity index (χ2n) is 1.98. The minimum atomic E-state index is -2.67. The van der Waals surface area contributed by atoms with Crippen LogP contribution in [0, 0.1) is 0 Å². The van der Waals surface area contributed by atoms with Gasteiger partial charge in [0.15, 0.2) is 5.69 Å². The molecule has 1 heterocycles. The number of rotatable bonds is 2. The molecule has 0 unspecified atom stereocenters. The Morgan fingerprint density at radius 1 is 1.54 bits per heavy atom. The molecule has 1 N–H and O–H groups in total. The molecule has 0 amide bonds. The lowest BCUT2D eigenvalue weighted by atomic mass is 10.3. The lowest BCUT2D eigenvalue weighted by Crippen LogP contribution is -1.99. The van der Waals surface area contributed by atoms with Gasteiger partial charge in [-0.05, 0) is 12.1 Å². The third-order valence-electron chi connectivity index (χ3n) is 1.16. The normalized spacial score (nSPS) is 9.23. The molecule has 0 saturated heterocycles. The summed E-state index contributed by atoms with van der Waals surface area (Å²) in [6.07, 6.45) is 1.25. The van der Waals surface area contributed by atoms with E-state index in [1.807, 2.05) is 0 Å². The van der Waals surface area contributed by atoms with Crippen LogP contribution >= 0.6 is 0 Å². The Kier molecular flexibility index (Phi) is 2.70. The van der Waals surface area contributed by atoms with Gasteiger partial charge in [0.05, 0.1) is 0 Å². The van der Waals surface area contributed by atoms with E-state index >= 15 is 0 Å². The van der Waals surface area contributed by atoms with Crippen molar-refractivity contribution in [2.24, 2.45) is 4.36 Å². The van der Waals surface area contributed by atoms with Crippen LogP contribution in [0.25, 0.3) is 0 Å². The van der Waals surface area contributed by atoms with Gasteiger partial charge in [-0.15, -0.1) is 4.36 Å². The zero-order valence-electron chi connectivity index (χ0n) is 6.21. The van der Waals surface area contributed by atoms with Crippen LogP contribution in [0.4, 0.5) is 5.69 Å². The first-order valence-electron chi connectivity index (χ1n) is 3.10. The summed E-state index contributed by atoms with van der Waals surface area (Å²) in [6, 6.07) is 2.66. The Balaban J connectivity index is 3.36. The summed E-state index contributed by atoms with van der Waals surface area (Å²) < 4.78 is 23.4. The van der Waals surface area contributed by atoms with Crippen molar-refractivity contribution < 1.29 is 18.3 Å². The zero-order chi connectivity index (χ0) is 9.84. The Labute approximate surface area is 74.6 Å². The summed E-state index contributed by atoms with van der Waals surface area (Å²) in [7, 11) is -2.67. The van der Waals surface area contributed by atoms with E-state index in [1.165, 1.54) is 18.3 Å². The van der Waals surface area contributed by atoms with Gasteiger partial charge in [0.25, 0.3) is 0 Å². The number of carbonyl (C=O) groups is 1. The summed E-state index contributed by atoms with van der Waals surface area (Å²) in [5.41, 5.74) is -0.560. The van der Waals surface area contributed by atoms with Crippen molar-refractivity contribution in [2.75, 3.05) is 0 Å². The Bertz CT molecular complexity index is 457. The van der Waals surface area contributed by atoms with Gasteiger partial charge in [0.2, 0.25) is 0 Å². The van der Waals surface area contributed by atoms with Crippen LogP contribution in [0.2, 0.25) is 0 Å². The molecule has 6 nitrogen and oxygen atoms in total. The maximum atomic E-state index is 10.5. The van der Waals surface area contributed by atoms with Gasteiger partial charge in [-0.2, -0.15) is 8.42 Å². The molecule has 0 saturated carbocycles. The first-order chi connectivity index (χ1) is 6.11. The van der Waals surface area contributed by atoms with Crippen molar-refractivity contribution in [3.05, 3.63) is 24.0 Å². The quantitative estimate of drug-likeness (QED) is 0.748. The van der Waals surface area contributed by atoms with E-state index in [1.54, 1.807) is 0 Å². The minimum absolute atomic E-state index is 0.177. The van der Waals surface area contributed by atoms with Gasteiger partial charge in [0, 0.05) is 6.20 Å². The average Bonchev–Trinajstić information content (AvgIpc) is 2.03. The van der Waals surface area contributed by atoms with Crippen molar-refractivity contribution in [2.45, 2.75) is 0 Å². The second-order valence-corrected chi connectivity index (χ2v) is 2.60. The number of carboxylic acid groups (broad SMARTS) is 1. The topological polar surface area (TPSA) is 96.7 Å². The predicted molar refractivity (Wildman–Crippen MR) is 42.2 cm³/mol. The number of nitrogens with zero attached hydrogens (tertiary/aromatic N) is 2. The van der Waals surface area contributed by atoms with Gasteiger partial charge in [0.1, 0.15) is 5.69 Å². The molecule has 13 heavy (non-hydrogen) atoms. The van der Waals surface area contributed by atoms with Gasteiger partial charge >= 0.3 is 16.5 Å². The van der Waals surface area contributed by atoms with Crippen LogP contribution in [-0.4, -0.2) is 24.5 Å². The van der Waals surface area contributed by atoms with Gasteiger partial charge in [-0.3, -0.25) is 0 Å². The monoisotopic (exact) mass is 200 g/mol. The lowest BCUT2D eigenvalue weighted by Gasteiger charge is -1.94. The molecule has 1 aromatic rings. The highest BCUT2D eigenvalue weighted by atomic mass is 32.2. The highest BCUT2D eigenvalue weighted by molar-refractivity contribution is 7.61. The zero-order valence-corrected chi connectivity index (χ0v) is 7.02. The number of aromatic nitrogens is 1. The number of hydrogen-bond donors (Lipinski definition) is 1. The van der Waals surface area contributed by atoms with Crippen molar-refractivity contribution in [3.8, 4) is 0 Å². The molecule has 0 aliphatic rings. The SMILES string of the molecule is O=C(O)c1ncccc1N=S(=O)=O. The highest BCUT2D eigenvalue weighted by Gasteiger charge is 2.09. The van der Waals surface area contributed by atoms with E-state index in [2.05, 4.69) is 9.35 Å². The fourth-order valence-corrected chi connectivity index (χ4v) is 1.02. The summed E-state index contributed by atoms with van der Waals surface area (Å²) in [4.78, 5) is 13.9. The third kappa shape index (κ3) is 2.34. The summed E-state index contributed by atoms with van der Waals surface area (Å²) >= 11 is 0. The Morgan fingerprint density at radius 3 is 2.77 bits per heavy atom. The standard InChI is InChI=1S/C6H4N2O4S/c9-6(10)5-4(8-13(11)12)2-1-3-7-5/h1-3H,(H,9,10). The van der Waals surface area contributed by atoms with E-state index < -0.39 is 16.5 Å². The van der Waals surface area contributed by atoms with Gasteiger partial charge in [-0.25, -0.2) is 9.78 Å². The summed E-state index contributed by atoms with van der Waals surface area (Å²) in [6.45, 7) is 0. The van der Waals surface area contributed by atoms with Crippen LogP contribution in [0.3, 0.4) is 0 Å². The molecule has 0 atom stereocenters. The molecule has 0 aromatic carbocycles. The molecule has 0 bridgehead atoms. The molecular formula is C6H4N2O4S. The maximum Gasteiger partial charge on any atom is 0.356 e.